The molecule has 1 aromatic heterocycles. The number of pyridine rings is 1. The van der Waals surface area contributed by atoms with Gasteiger partial charge in [-0.05, 0) is 141 Å². The second kappa shape index (κ2) is 29.6. The van der Waals surface area contributed by atoms with Crippen molar-refractivity contribution in [2.24, 2.45) is 0 Å². The van der Waals surface area contributed by atoms with Crippen LogP contribution in [-0.4, -0.2) is 105 Å². The van der Waals surface area contributed by atoms with Gasteiger partial charge in [-0.25, -0.2) is 28.8 Å². The van der Waals surface area contributed by atoms with Crippen LogP contribution in [0.3, 0.4) is 0 Å². The minimum Gasteiger partial charge on any atom is -0.503 e. The highest BCUT2D eigenvalue weighted by Crippen LogP contribution is 2.48. The number of hydrogen-bond donors (Lipinski definition) is 1. The van der Waals surface area contributed by atoms with E-state index < -0.39 is 122 Å². The van der Waals surface area contributed by atoms with E-state index in [0.717, 1.165) is 5.56 Å². The topological polar surface area (TPSA) is 201 Å². The molecule has 3 saturated heterocycles. The van der Waals surface area contributed by atoms with Gasteiger partial charge in [0.05, 0.1) is 0 Å². The molecule has 3 amide bonds. The third-order valence-electron chi connectivity index (χ3n) is 17.0. The molecule has 3 aliphatic rings. The number of esters is 3. The summed E-state index contributed by atoms with van der Waals surface area (Å²) in [5.41, 5.74) is 1.81. The molecule has 7 aromatic rings. The number of hydrogen-bond acceptors (Lipinski definition) is 14. The second-order valence-corrected chi connectivity index (χ2v) is 33.6. The molecule has 1 N–H and O–H groups in total. The number of aromatic nitrogens is 1. The van der Waals surface area contributed by atoms with Gasteiger partial charge in [0.15, 0.2) is 45.1 Å². The third-order valence-corrected chi connectivity index (χ3v) is 18.1. The van der Waals surface area contributed by atoms with Gasteiger partial charge in [-0.15, -0.1) is 0 Å². The monoisotopic (exact) mass is 1340 g/mol. The van der Waals surface area contributed by atoms with Gasteiger partial charge in [-0.1, -0.05) is 182 Å². The van der Waals surface area contributed by atoms with Gasteiger partial charge in [-0.2, -0.15) is 4.57 Å². The molecule has 10 atom stereocenters. The van der Waals surface area contributed by atoms with Crippen molar-refractivity contribution in [1.29, 1.82) is 0 Å². The number of morpholine rings is 3. The Morgan fingerprint density at radius 1 is 0.464 bits per heavy atom. The van der Waals surface area contributed by atoms with Crippen molar-refractivity contribution in [1.82, 2.24) is 14.7 Å². The maximum atomic E-state index is 15.2. The van der Waals surface area contributed by atoms with Crippen molar-refractivity contribution in [3.63, 3.8) is 0 Å². The number of aryl methyl sites for hydroxylation is 1. The molecule has 19 heteroatoms. The molecule has 97 heavy (non-hydrogen) atoms. The number of ether oxygens (including phenoxy) is 6. The van der Waals surface area contributed by atoms with E-state index in [1.54, 1.807) is 66.9 Å². The van der Waals surface area contributed by atoms with E-state index in [1.807, 2.05) is 208 Å². The highest BCUT2D eigenvalue weighted by molar-refractivity contribution is 6.69. The zero-order valence-electron chi connectivity index (χ0n) is 57.5. The van der Waals surface area contributed by atoms with Crippen LogP contribution in [0.2, 0.25) is 19.6 Å². The van der Waals surface area contributed by atoms with Crippen LogP contribution in [0, 0.1) is 0 Å². The van der Waals surface area contributed by atoms with Gasteiger partial charge in [0.1, 0.15) is 59.2 Å². The minimum absolute atomic E-state index is 0.0228. The number of carbonyl (C=O) groups is 6. The lowest BCUT2D eigenvalue weighted by Gasteiger charge is -2.46. The number of carbonyl (C=O) groups excluding carboxylic acids is 6. The van der Waals surface area contributed by atoms with Crippen LogP contribution in [-0.2, 0) is 66.6 Å². The van der Waals surface area contributed by atoms with Crippen LogP contribution in [0.15, 0.2) is 194 Å². The molecule has 0 aliphatic carbocycles. The Hall–Kier alpha value is -9.33. The van der Waals surface area contributed by atoms with Gasteiger partial charge >= 0.3 is 36.2 Å². The zero-order chi connectivity index (χ0) is 69.6. The van der Waals surface area contributed by atoms with E-state index in [0.29, 0.717) is 33.4 Å². The van der Waals surface area contributed by atoms with Crippen LogP contribution in [0.5, 0.6) is 5.75 Å². The second-order valence-electron chi connectivity index (χ2n) is 29.1. The van der Waals surface area contributed by atoms with E-state index >= 15 is 19.2 Å². The van der Waals surface area contributed by atoms with Crippen LogP contribution in [0.4, 0.5) is 14.4 Å². The van der Waals surface area contributed by atoms with E-state index in [4.69, 9.17) is 32.8 Å². The van der Waals surface area contributed by atoms with E-state index in [2.05, 4.69) is 0 Å². The van der Waals surface area contributed by atoms with Crippen molar-refractivity contribution in [2.75, 3.05) is 0 Å². The SMILES string of the molecule is CC(C)(C)OC(=O)N1[C@@H](CCc2c[n+](C[C@@H](CC[C@H]3C(=O)O[C@H](c4ccccc4)[C@H](c4ccccc4)N3C(=O)OC(C)(C)C)O[Si](C)(C)C)cc(O)c2C[C@H]2C(=O)O[C@H](c3ccccc3)[C@H](c3ccccc3)N2C(=O)OC(C)(C)C)C(=O)O[C@H](c2ccccc2)[C@@H]1c1ccccc1. The van der Waals surface area contributed by atoms with E-state index in [9.17, 15) is 14.7 Å². The highest BCUT2D eigenvalue weighted by Gasteiger charge is 2.53. The Morgan fingerprint density at radius 3 is 1.10 bits per heavy atom. The number of cyclic esters (lactones) is 3. The first kappa shape index (κ1) is 70.5. The quantitative estimate of drug-likeness (QED) is 0.0368. The van der Waals surface area contributed by atoms with Gasteiger partial charge in [-0.3, -0.25) is 14.7 Å². The third kappa shape index (κ3) is 17.5. The summed E-state index contributed by atoms with van der Waals surface area (Å²) in [6.45, 7) is 22.1. The predicted octanol–water partition coefficient (Wildman–Crippen LogP) is 15.1. The standard InChI is InChI=1S/C78H90N4O14Si/c1-76(2,3)93-73(87)80-60(70(84)90-67(54-37-25-16-26-38-54)64(80)51-31-19-13-20-32-51)45-43-57-48-79(50-63(83)59(57)47-62-72(86)92-69(56-41-29-18-30-42-56)66(53-35-23-15-24-36-53)82(62)75(89)95-78(7,8)9)49-58(96-97(10,11)12)44-46-61-71(85)91-68(55-39-27-17-28-40-55)65(52-33-21-14-22-34-52)81(61)74(88)94-77(4,5)6/h13-42,48,50,58,60-62,64-69H,43-47,49H2,1-12H3/p+1/t58-,60+,61+,62+,64+,65+,66+,67-,68-,69-/m1/s1. The largest absolute Gasteiger partial charge is 0.503 e. The Labute approximate surface area is 570 Å². The number of rotatable bonds is 18. The molecule has 0 unspecified atom stereocenters. The molecule has 0 bridgehead atoms. The first-order valence-corrected chi connectivity index (χ1v) is 36.8. The Kier molecular flexibility index (Phi) is 21.5. The molecule has 3 fully saturated rings. The molecule has 3 aliphatic heterocycles. The summed E-state index contributed by atoms with van der Waals surface area (Å²) in [7, 11) is -2.49. The summed E-state index contributed by atoms with van der Waals surface area (Å²) >= 11 is 0. The molecule has 0 saturated carbocycles. The van der Waals surface area contributed by atoms with Crippen LogP contribution in [0.1, 0.15) is 163 Å². The summed E-state index contributed by atoms with van der Waals surface area (Å²) in [6.07, 6.45) is -2.51. The van der Waals surface area contributed by atoms with Gasteiger partial charge < -0.3 is 38.0 Å². The molecule has 4 heterocycles. The maximum absolute atomic E-state index is 15.2. The minimum atomic E-state index is -2.49. The Balaban J connectivity index is 1.08. The van der Waals surface area contributed by atoms with E-state index in [-0.39, 0.29) is 50.0 Å². The average molecular weight is 1340 g/mol. The molecule has 0 spiro atoms. The fourth-order valence-corrected chi connectivity index (χ4v) is 14.4. The first-order valence-electron chi connectivity index (χ1n) is 33.4. The molecule has 510 valence electrons. The average Bonchev–Trinajstić information content (AvgIpc) is 0.770. The molecule has 10 rings (SSSR count). The summed E-state index contributed by atoms with van der Waals surface area (Å²) in [6, 6.07) is 49.4. The zero-order valence-corrected chi connectivity index (χ0v) is 58.5. The fraction of sp³-hybridized carbons (Fsp3) is 0.397. The number of amides is 3. The Morgan fingerprint density at radius 2 is 0.773 bits per heavy atom. The molecule has 18 nitrogen and oxygen atoms in total. The fourth-order valence-electron chi connectivity index (χ4n) is 13.2. The number of benzene rings is 6. The highest BCUT2D eigenvalue weighted by atomic mass is 28.4. The maximum Gasteiger partial charge on any atom is 0.411 e. The van der Waals surface area contributed by atoms with Gasteiger partial charge in [0.25, 0.3) is 0 Å². The summed E-state index contributed by atoms with van der Waals surface area (Å²) < 4.78 is 46.8. The van der Waals surface area contributed by atoms with Crippen LogP contribution >= 0.6 is 0 Å². The van der Waals surface area contributed by atoms with Crippen molar-refractivity contribution in [2.45, 2.75) is 198 Å². The van der Waals surface area contributed by atoms with Crippen molar-refractivity contribution in [3.05, 3.63) is 239 Å². The van der Waals surface area contributed by atoms with Gasteiger partial charge in [0.2, 0.25) is 6.20 Å². The summed E-state index contributed by atoms with van der Waals surface area (Å²) in [4.78, 5) is 94.6. The van der Waals surface area contributed by atoms with Crippen LogP contribution < -0.4 is 4.57 Å². The molecular weight excluding hydrogens is 1240 g/mol. The summed E-state index contributed by atoms with van der Waals surface area (Å²) in [5, 5.41) is 12.9. The molecule has 0 radical (unpaired) electrons. The van der Waals surface area contributed by atoms with Crippen molar-refractivity contribution < 1.29 is 71.3 Å². The molecular formula is C78H91N4O14Si+. The molecule has 6 aromatic carbocycles. The lowest BCUT2D eigenvalue weighted by molar-refractivity contribution is -0.703. The number of nitrogens with zero attached hydrogens (tertiary/aromatic N) is 4. The van der Waals surface area contributed by atoms with Crippen LogP contribution in [0.25, 0.3) is 0 Å². The van der Waals surface area contributed by atoms with E-state index in [1.165, 1.54) is 20.9 Å². The van der Waals surface area contributed by atoms with Crippen molar-refractivity contribution >= 4 is 44.5 Å². The lowest BCUT2D eigenvalue weighted by atomic mass is 9.88. The predicted molar refractivity (Wildman–Crippen MR) is 367 cm³/mol. The van der Waals surface area contributed by atoms with Crippen molar-refractivity contribution in [3.8, 4) is 5.75 Å². The Bertz CT molecular complexity index is 3860. The lowest BCUT2D eigenvalue weighted by Crippen LogP contribution is -2.56. The summed E-state index contributed by atoms with van der Waals surface area (Å²) in [5.74, 6) is -2.34. The number of aromatic hydroxyl groups is 1. The van der Waals surface area contributed by atoms with Gasteiger partial charge in [0, 0.05) is 17.5 Å². The smallest absolute Gasteiger partial charge is 0.411 e. The normalized spacial score (nSPS) is 22.0. The first-order chi connectivity index (χ1) is 46.0.